The number of nitrogens with zero attached hydrogens (tertiary/aromatic N) is 4. The summed E-state index contributed by atoms with van der Waals surface area (Å²) in [5.74, 6) is 0.132. The van der Waals surface area contributed by atoms with Crippen molar-refractivity contribution >= 4 is 5.91 Å². The fraction of sp³-hybridized carbons (Fsp3) is 0.286. The van der Waals surface area contributed by atoms with Gasteiger partial charge in [-0.15, -0.1) is 0 Å². The van der Waals surface area contributed by atoms with Gasteiger partial charge in [-0.05, 0) is 28.8 Å². The zero-order valence-corrected chi connectivity index (χ0v) is 15.1. The lowest BCUT2D eigenvalue weighted by atomic mass is 9.99. The molecule has 0 atom stereocenters. The molecule has 0 fully saturated rings. The number of aryl methyl sites for hydroxylation is 1. The molecule has 0 N–H and O–H groups in total. The molecular formula is C21H22N4O. The number of rotatable bonds is 3. The minimum absolute atomic E-state index is 0.132. The van der Waals surface area contributed by atoms with Crippen molar-refractivity contribution in [3.8, 4) is 11.1 Å². The van der Waals surface area contributed by atoms with Crippen molar-refractivity contribution in [1.29, 1.82) is 0 Å². The van der Waals surface area contributed by atoms with Crippen LogP contribution in [0.3, 0.4) is 0 Å². The maximum atomic E-state index is 11.8. The van der Waals surface area contributed by atoms with E-state index in [1.54, 1.807) is 6.92 Å². The highest BCUT2D eigenvalue weighted by Gasteiger charge is 2.25. The standard InChI is InChI=1S/C21H22N4O/c1-15(26)25-12-9-21-19(14-25)20(23-24(21)2)13-16-3-5-17(6-4-16)18-7-10-22-11-8-18/h3-8,10-11H,9,12-14H2,1-2H3. The van der Waals surface area contributed by atoms with Crippen molar-refractivity contribution in [3.63, 3.8) is 0 Å². The molecule has 0 saturated heterocycles. The van der Waals surface area contributed by atoms with Crippen LogP contribution in [0.2, 0.25) is 0 Å². The molecule has 26 heavy (non-hydrogen) atoms. The van der Waals surface area contributed by atoms with Crippen LogP contribution < -0.4 is 0 Å². The van der Waals surface area contributed by atoms with Gasteiger partial charge in [0, 0.05) is 63.6 Å². The fourth-order valence-corrected chi connectivity index (χ4v) is 3.63. The Morgan fingerprint density at radius 1 is 1.08 bits per heavy atom. The molecule has 0 bridgehead atoms. The van der Waals surface area contributed by atoms with Gasteiger partial charge in [-0.2, -0.15) is 5.10 Å². The largest absolute Gasteiger partial charge is 0.338 e. The predicted octanol–water partition coefficient (Wildman–Crippen LogP) is 2.98. The Morgan fingerprint density at radius 3 is 2.46 bits per heavy atom. The SMILES string of the molecule is CC(=O)N1CCc2c(c(Cc3ccc(-c4ccncc4)cc3)nn2C)C1. The average Bonchev–Trinajstić information content (AvgIpc) is 2.98. The maximum absolute atomic E-state index is 11.8. The van der Waals surface area contributed by atoms with Crippen molar-refractivity contribution in [1.82, 2.24) is 19.7 Å². The second-order valence-electron chi connectivity index (χ2n) is 6.80. The van der Waals surface area contributed by atoms with E-state index >= 15 is 0 Å². The molecule has 5 nitrogen and oxygen atoms in total. The van der Waals surface area contributed by atoms with Gasteiger partial charge in [-0.1, -0.05) is 24.3 Å². The number of carbonyl (C=O) groups excluding carboxylic acids is 1. The molecule has 132 valence electrons. The minimum atomic E-state index is 0.132. The topological polar surface area (TPSA) is 51.0 Å². The first-order chi connectivity index (χ1) is 12.6. The van der Waals surface area contributed by atoms with Crippen LogP contribution in [0.5, 0.6) is 0 Å². The molecule has 3 heterocycles. The molecule has 1 amide bonds. The summed E-state index contributed by atoms with van der Waals surface area (Å²) >= 11 is 0. The summed E-state index contributed by atoms with van der Waals surface area (Å²) in [6, 6.07) is 12.6. The van der Waals surface area contributed by atoms with Crippen LogP contribution in [0.4, 0.5) is 0 Å². The van der Waals surface area contributed by atoms with Crippen LogP contribution in [0.1, 0.15) is 29.4 Å². The summed E-state index contributed by atoms with van der Waals surface area (Å²) in [6.07, 6.45) is 5.28. The third-order valence-electron chi connectivity index (χ3n) is 5.11. The van der Waals surface area contributed by atoms with E-state index in [-0.39, 0.29) is 5.91 Å². The minimum Gasteiger partial charge on any atom is -0.338 e. The number of carbonyl (C=O) groups is 1. The zero-order chi connectivity index (χ0) is 18.1. The Morgan fingerprint density at radius 2 is 1.77 bits per heavy atom. The van der Waals surface area contributed by atoms with Crippen LogP contribution in [-0.4, -0.2) is 32.1 Å². The van der Waals surface area contributed by atoms with Crippen molar-refractivity contribution in [3.05, 3.63) is 71.3 Å². The van der Waals surface area contributed by atoms with Gasteiger partial charge in [0.15, 0.2) is 0 Å². The van der Waals surface area contributed by atoms with E-state index in [2.05, 4.69) is 29.2 Å². The summed E-state index contributed by atoms with van der Waals surface area (Å²) in [5, 5.41) is 4.73. The second kappa shape index (κ2) is 6.75. The molecule has 0 radical (unpaired) electrons. The van der Waals surface area contributed by atoms with Crippen molar-refractivity contribution < 1.29 is 4.79 Å². The highest BCUT2D eigenvalue weighted by atomic mass is 16.2. The van der Waals surface area contributed by atoms with E-state index in [4.69, 9.17) is 5.10 Å². The Labute approximate surface area is 153 Å². The Bertz CT molecular complexity index is 929. The summed E-state index contributed by atoms with van der Waals surface area (Å²) in [6.45, 7) is 3.09. The van der Waals surface area contributed by atoms with Crippen molar-refractivity contribution in [2.75, 3.05) is 6.54 Å². The van der Waals surface area contributed by atoms with E-state index in [0.29, 0.717) is 6.54 Å². The first-order valence-corrected chi connectivity index (χ1v) is 8.90. The van der Waals surface area contributed by atoms with Crippen molar-refractivity contribution in [2.45, 2.75) is 26.3 Å². The van der Waals surface area contributed by atoms with Crippen LogP contribution in [-0.2, 0) is 31.2 Å². The summed E-state index contributed by atoms with van der Waals surface area (Å²) < 4.78 is 1.98. The van der Waals surface area contributed by atoms with Gasteiger partial charge in [0.1, 0.15) is 0 Å². The van der Waals surface area contributed by atoms with Gasteiger partial charge in [-0.3, -0.25) is 14.5 Å². The summed E-state index contributed by atoms with van der Waals surface area (Å²) in [7, 11) is 2.00. The third-order valence-corrected chi connectivity index (χ3v) is 5.11. The molecule has 1 aliphatic heterocycles. The molecule has 2 aromatic heterocycles. The van der Waals surface area contributed by atoms with Crippen molar-refractivity contribution in [2.24, 2.45) is 7.05 Å². The van der Waals surface area contributed by atoms with E-state index in [0.717, 1.165) is 25.1 Å². The van der Waals surface area contributed by atoms with Crippen LogP contribution >= 0.6 is 0 Å². The average molecular weight is 346 g/mol. The molecule has 0 spiro atoms. The Hall–Kier alpha value is -2.95. The molecule has 4 rings (SSSR count). The first kappa shape index (κ1) is 16.5. The van der Waals surface area contributed by atoms with E-state index in [1.165, 1.54) is 27.9 Å². The zero-order valence-electron chi connectivity index (χ0n) is 15.1. The summed E-state index contributed by atoms with van der Waals surface area (Å²) in [4.78, 5) is 17.7. The van der Waals surface area contributed by atoms with E-state index in [9.17, 15) is 4.79 Å². The van der Waals surface area contributed by atoms with Gasteiger partial charge in [0.05, 0.1) is 5.69 Å². The number of pyridine rings is 1. The number of hydrogen-bond acceptors (Lipinski definition) is 3. The normalized spacial score (nSPS) is 13.5. The molecular weight excluding hydrogens is 324 g/mol. The van der Waals surface area contributed by atoms with Crippen LogP contribution in [0.25, 0.3) is 11.1 Å². The second-order valence-corrected chi connectivity index (χ2v) is 6.80. The molecule has 1 aromatic carbocycles. The molecule has 0 aliphatic carbocycles. The Kier molecular flexibility index (Phi) is 4.29. The van der Waals surface area contributed by atoms with Gasteiger partial charge < -0.3 is 4.90 Å². The molecule has 0 unspecified atom stereocenters. The molecule has 5 heteroatoms. The monoisotopic (exact) mass is 346 g/mol. The van der Waals surface area contributed by atoms with Crippen LogP contribution in [0, 0.1) is 0 Å². The Balaban J connectivity index is 1.58. The van der Waals surface area contributed by atoms with Gasteiger partial charge in [0.25, 0.3) is 0 Å². The number of amides is 1. The van der Waals surface area contributed by atoms with Gasteiger partial charge >= 0.3 is 0 Å². The predicted molar refractivity (Wildman–Crippen MR) is 100 cm³/mol. The molecule has 0 saturated carbocycles. The molecule has 1 aliphatic rings. The summed E-state index contributed by atoms with van der Waals surface area (Å²) in [5.41, 5.74) is 7.12. The van der Waals surface area contributed by atoms with Crippen LogP contribution in [0.15, 0.2) is 48.8 Å². The molecule has 3 aromatic rings. The highest BCUT2D eigenvalue weighted by Crippen LogP contribution is 2.25. The smallest absolute Gasteiger partial charge is 0.219 e. The lowest BCUT2D eigenvalue weighted by Gasteiger charge is -2.26. The highest BCUT2D eigenvalue weighted by molar-refractivity contribution is 5.73. The van der Waals surface area contributed by atoms with E-state index < -0.39 is 0 Å². The van der Waals surface area contributed by atoms with Gasteiger partial charge in [0.2, 0.25) is 5.91 Å². The number of aromatic nitrogens is 3. The third kappa shape index (κ3) is 3.12. The fourth-order valence-electron chi connectivity index (χ4n) is 3.63. The maximum Gasteiger partial charge on any atom is 0.219 e. The lowest BCUT2D eigenvalue weighted by Crippen LogP contribution is -2.34. The number of benzene rings is 1. The van der Waals surface area contributed by atoms with Gasteiger partial charge in [-0.25, -0.2) is 0 Å². The lowest BCUT2D eigenvalue weighted by molar-refractivity contribution is -0.129. The number of fused-ring (bicyclic) bond motifs is 1. The first-order valence-electron chi connectivity index (χ1n) is 8.90. The van der Waals surface area contributed by atoms with E-state index in [1.807, 2.05) is 41.2 Å². The number of hydrogen-bond donors (Lipinski definition) is 0. The quantitative estimate of drug-likeness (QED) is 0.733.